The van der Waals surface area contributed by atoms with Crippen LogP contribution < -0.4 is 15.4 Å². The molecule has 2 aromatic heterocycles. The highest BCUT2D eigenvalue weighted by atomic mass is 19.4. The summed E-state index contributed by atoms with van der Waals surface area (Å²) in [5, 5.41) is 14.0. The van der Waals surface area contributed by atoms with Gasteiger partial charge in [-0.25, -0.2) is 4.98 Å². The Labute approximate surface area is 251 Å². The van der Waals surface area contributed by atoms with Gasteiger partial charge in [-0.1, -0.05) is 18.7 Å². The Morgan fingerprint density at radius 2 is 1.93 bits per heavy atom. The van der Waals surface area contributed by atoms with Crippen molar-refractivity contribution in [2.45, 2.75) is 44.4 Å². The van der Waals surface area contributed by atoms with Gasteiger partial charge in [0.2, 0.25) is 11.9 Å². The zero-order valence-corrected chi connectivity index (χ0v) is 24.3. The quantitative estimate of drug-likeness (QED) is 0.404. The maximum atomic E-state index is 14.1. The standard InChI is InChI=1S/C30H32F3N9O2/c1-3-24(43)41-15-14-39(18-21(41)9-10-34)27-22-16-35-42(23-8-4-6-19(2)25(23)30(31,32)33)28(44)26(22)36-29(37-27)40-13-12-38-11-5-7-20(38)17-40/h3-4,6,8,16,20-21H,1,5,7,9,11-15,17-18H2,2H3/t20-,21?/m0/s1. The number of nitriles is 1. The molecule has 0 spiro atoms. The van der Waals surface area contributed by atoms with Crippen molar-refractivity contribution in [3.63, 3.8) is 0 Å². The van der Waals surface area contributed by atoms with E-state index in [0.717, 1.165) is 30.6 Å². The first-order valence-corrected chi connectivity index (χ1v) is 14.6. The van der Waals surface area contributed by atoms with Crippen molar-refractivity contribution in [1.29, 1.82) is 5.26 Å². The molecule has 3 aliphatic heterocycles. The van der Waals surface area contributed by atoms with Crippen LogP contribution in [0.2, 0.25) is 0 Å². The third kappa shape index (κ3) is 5.25. The van der Waals surface area contributed by atoms with Gasteiger partial charge in [0.25, 0.3) is 5.56 Å². The molecule has 6 rings (SSSR count). The molecular formula is C30H32F3N9O2. The third-order valence-electron chi connectivity index (χ3n) is 8.81. The topological polar surface area (TPSA) is 114 Å². The summed E-state index contributed by atoms with van der Waals surface area (Å²) in [6, 6.07) is 6.03. The molecule has 230 valence electrons. The van der Waals surface area contributed by atoms with Crippen molar-refractivity contribution in [3.05, 3.63) is 58.5 Å². The highest BCUT2D eigenvalue weighted by molar-refractivity contribution is 5.90. The van der Waals surface area contributed by atoms with Crippen LogP contribution in [0.1, 0.15) is 30.4 Å². The summed E-state index contributed by atoms with van der Waals surface area (Å²) in [6.07, 6.45) is 0.0505. The SMILES string of the molecule is C=CC(=O)N1CCN(c2nc(N3CCN4CCC[C@H]4C3)nc3c(=O)n(-c4cccc(C)c4C(F)(F)F)ncc23)CC1CC#N. The second kappa shape index (κ2) is 11.5. The number of alkyl halides is 3. The van der Waals surface area contributed by atoms with E-state index in [4.69, 9.17) is 4.98 Å². The third-order valence-corrected chi connectivity index (χ3v) is 8.81. The maximum absolute atomic E-state index is 14.1. The van der Waals surface area contributed by atoms with Gasteiger partial charge in [0.15, 0.2) is 0 Å². The predicted octanol–water partition coefficient (Wildman–Crippen LogP) is 2.90. The van der Waals surface area contributed by atoms with Crippen molar-refractivity contribution in [2.75, 3.05) is 55.6 Å². The summed E-state index contributed by atoms with van der Waals surface area (Å²) in [7, 11) is 0. The van der Waals surface area contributed by atoms with E-state index in [-0.39, 0.29) is 41.0 Å². The molecular weight excluding hydrogens is 575 g/mol. The molecule has 11 nitrogen and oxygen atoms in total. The van der Waals surface area contributed by atoms with Crippen LogP contribution in [0.4, 0.5) is 24.9 Å². The minimum absolute atomic E-state index is 0.0298. The summed E-state index contributed by atoms with van der Waals surface area (Å²) in [6.45, 7) is 8.96. The van der Waals surface area contributed by atoms with E-state index in [1.165, 1.54) is 37.4 Å². The number of hydrogen-bond acceptors (Lipinski definition) is 9. The minimum atomic E-state index is -4.71. The predicted molar refractivity (Wildman–Crippen MR) is 158 cm³/mol. The first-order chi connectivity index (χ1) is 21.1. The van der Waals surface area contributed by atoms with Crippen LogP contribution in [-0.4, -0.2) is 93.4 Å². The zero-order valence-electron chi connectivity index (χ0n) is 24.3. The summed E-state index contributed by atoms with van der Waals surface area (Å²) in [5.41, 5.74) is -2.20. The lowest BCUT2D eigenvalue weighted by Gasteiger charge is -2.41. The van der Waals surface area contributed by atoms with Crippen molar-refractivity contribution in [1.82, 2.24) is 29.5 Å². The van der Waals surface area contributed by atoms with Gasteiger partial charge < -0.3 is 14.7 Å². The smallest absolute Gasteiger partial charge is 0.352 e. The normalized spacial score (nSPS) is 20.9. The number of aryl methyl sites for hydroxylation is 1. The minimum Gasteiger partial charge on any atom is -0.352 e. The second-order valence-electron chi connectivity index (χ2n) is 11.4. The maximum Gasteiger partial charge on any atom is 0.418 e. The van der Waals surface area contributed by atoms with E-state index >= 15 is 0 Å². The average molecular weight is 608 g/mol. The molecule has 0 radical (unpaired) electrons. The van der Waals surface area contributed by atoms with E-state index in [1.807, 2.05) is 9.80 Å². The number of anilines is 2. The van der Waals surface area contributed by atoms with Gasteiger partial charge in [-0.15, -0.1) is 0 Å². The molecule has 0 bridgehead atoms. The highest BCUT2D eigenvalue weighted by Gasteiger charge is 2.37. The number of carbonyl (C=O) groups is 1. The van der Waals surface area contributed by atoms with Crippen LogP contribution in [0.15, 0.2) is 41.8 Å². The lowest BCUT2D eigenvalue weighted by atomic mass is 10.1. The fourth-order valence-electron chi connectivity index (χ4n) is 6.66. The van der Waals surface area contributed by atoms with E-state index in [1.54, 1.807) is 4.90 Å². The number of benzene rings is 1. The highest BCUT2D eigenvalue weighted by Crippen LogP contribution is 2.36. The van der Waals surface area contributed by atoms with E-state index < -0.39 is 23.3 Å². The van der Waals surface area contributed by atoms with Crippen molar-refractivity contribution < 1.29 is 18.0 Å². The summed E-state index contributed by atoms with van der Waals surface area (Å²) >= 11 is 0. The molecule has 1 unspecified atom stereocenters. The van der Waals surface area contributed by atoms with Crippen LogP contribution in [0.5, 0.6) is 0 Å². The van der Waals surface area contributed by atoms with E-state index in [9.17, 15) is 28.0 Å². The first-order valence-electron chi connectivity index (χ1n) is 14.6. The van der Waals surface area contributed by atoms with E-state index in [2.05, 4.69) is 27.6 Å². The zero-order chi connectivity index (χ0) is 31.2. The summed E-state index contributed by atoms with van der Waals surface area (Å²) in [5.74, 6) is 0.427. The molecule has 3 aromatic rings. The van der Waals surface area contributed by atoms with Crippen molar-refractivity contribution in [3.8, 4) is 11.8 Å². The van der Waals surface area contributed by atoms with Gasteiger partial charge in [0, 0.05) is 45.3 Å². The van der Waals surface area contributed by atoms with Crippen LogP contribution in [0, 0.1) is 18.3 Å². The summed E-state index contributed by atoms with van der Waals surface area (Å²) < 4.78 is 43.2. The molecule has 1 amide bonds. The molecule has 0 N–H and O–H groups in total. The molecule has 0 saturated carbocycles. The molecule has 2 atom stereocenters. The van der Waals surface area contributed by atoms with Crippen LogP contribution in [0.3, 0.4) is 0 Å². The number of carbonyl (C=O) groups excluding carboxylic acids is 1. The Kier molecular flexibility index (Phi) is 7.75. The second-order valence-corrected chi connectivity index (χ2v) is 11.4. The Hall–Kier alpha value is -4.51. The number of rotatable bonds is 5. The number of hydrogen-bond donors (Lipinski definition) is 0. The molecule has 5 heterocycles. The number of aromatic nitrogens is 4. The number of amides is 1. The van der Waals surface area contributed by atoms with Crippen LogP contribution in [0.25, 0.3) is 16.6 Å². The lowest BCUT2D eigenvalue weighted by molar-refractivity contribution is -0.138. The van der Waals surface area contributed by atoms with Crippen LogP contribution in [-0.2, 0) is 11.0 Å². The monoisotopic (exact) mass is 607 g/mol. The number of halogens is 3. The van der Waals surface area contributed by atoms with Crippen molar-refractivity contribution >= 4 is 28.6 Å². The van der Waals surface area contributed by atoms with Crippen molar-refractivity contribution in [2.24, 2.45) is 0 Å². The van der Waals surface area contributed by atoms with E-state index in [0.29, 0.717) is 44.0 Å². The number of fused-ring (bicyclic) bond motifs is 2. The van der Waals surface area contributed by atoms with Gasteiger partial charge in [-0.2, -0.15) is 33.2 Å². The lowest BCUT2D eigenvalue weighted by Crippen LogP contribution is -2.55. The van der Waals surface area contributed by atoms with Crippen LogP contribution >= 0.6 is 0 Å². The molecule has 1 aromatic carbocycles. The Bertz CT molecular complexity index is 1720. The van der Waals surface area contributed by atoms with Gasteiger partial charge in [0.05, 0.1) is 41.4 Å². The van der Waals surface area contributed by atoms with Gasteiger partial charge in [-0.05, 0) is 44.0 Å². The molecule has 3 aliphatic rings. The summed E-state index contributed by atoms with van der Waals surface area (Å²) in [4.78, 5) is 44.0. The Morgan fingerprint density at radius 3 is 2.68 bits per heavy atom. The number of piperazine rings is 2. The van der Waals surface area contributed by atoms with Gasteiger partial charge in [0.1, 0.15) is 11.3 Å². The van der Waals surface area contributed by atoms with Gasteiger partial charge in [-0.3, -0.25) is 14.5 Å². The fourth-order valence-corrected chi connectivity index (χ4v) is 6.66. The molecule has 14 heteroatoms. The Morgan fingerprint density at radius 1 is 1.14 bits per heavy atom. The molecule has 44 heavy (non-hydrogen) atoms. The largest absolute Gasteiger partial charge is 0.418 e. The fraction of sp³-hybridized carbons (Fsp3) is 0.467. The molecule has 3 saturated heterocycles. The molecule has 3 fully saturated rings. The Balaban J connectivity index is 1.50. The average Bonchev–Trinajstić information content (AvgIpc) is 3.48. The first kappa shape index (κ1) is 29.6. The number of nitrogens with zero attached hydrogens (tertiary/aromatic N) is 9. The molecule has 0 aliphatic carbocycles. The van der Waals surface area contributed by atoms with Gasteiger partial charge >= 0.3 is 6.18 Å².